The summed E-state index contributed by atoms with van der Waals surface area (Å²) < 4.78 is 4.35. The fourth-order valence-corrected chi connectivity index (χ4v) is 4.68. The summed E-state index contributed by atoms with van der Waals surface area (Å²) in [6.45, 7) is 5.85. The Labute approximate surface area is 204 Å². The molecule has 0 saturated carbocycles. The average molecular weight is 475 g/mol. The molecule has 9 heteroatoms. The lowest BCUT2D eigenvalue weighted by molar-refractivity contribution is 0.482. The van der Waals surface area contributed by atoms with E-state index in [1.54, 1.807) is 11.9 Å². The number of aromatic nitrogens is 4. The van der Waals surface area contributed by atoms with Crippen LogP contribution in [-0.2, 0) is 6.54 Å². The number of pyridine rings is 1. The number of fused-ring (bicyclic) bond motifs is 1. The van der Waals surface area contributed by atoms with E-state index in [9.17, 15) is 0 Å². The SMILES string of the molecule is CSN(C)c1ccccc1Cn1ccc2cnc(Nc3ccc(N4CCNC(C)C4)nc3)nc21. The molecule has 8 nitrogen and oxygen atoms in total. The lowest BCUT2D eigenvalue weighted by atomic mass is 10.2. The van der Waals surface area contributed by atoms with Gasteiger partial charge in [0.15, 0.2) is 0 Å². The summed E-state index contributed by atoms with van der Waals surface area (Å²) in [5.74, 6) is 1.56. The first kappa shape index (κ1) is 22.5. The second-order valence-corrected chi connectivity index (χ2v) is 9.47. The van der Waals surface area contributed by atoms with Gasteiger partial charge in [-0.05, 0) is 36.8 Å². The van der Waals surface area contributed by atoms with Crippen molar-refractivity contribution in [2.24, 2.45) is 0 Å². The van der Waals surface area contributed by atoms with Crippen molar-refractivity contribution in [1.82, 2.24) is 24.8 Å². The molecule has 1 saturated heterocycles. The van der Waals surface area contributed by atoms with Crippen molar-refractivity contribution < 1.29 is 0 Å². The molecule has 4 heterocycles. The minimum Gasteiger partial charge on any atom is -0.354 e. The largest absolute Gasteiger partial charge is 0.354 e. The second kappa shape index (κ2) is 9.90. The number of piperazine rings is 1. The van der Waals surface area contributed by atoms with Gasteiger partial charge in [-0.3, -0.25) is 0 Å². The van der Waals surface area contributed by atoms with Crippen molar-refractivity contribution in [3.8, 4) is 0 Å². The maximum atomic E-state index is 4.82. The molecule has 0 aliphatic carbocycles. The van der Waals surface area contributed by atoms with Crippen molar-refractivity contribution in [2.75, 3.05) is 47.5 Å². The zero-order valence-corrected chi connectivity index (χ0v) is 20.6. The number of para-hydroxylation sites is 1. The number of hydrogen-bond donors (Lipinski definition) is 2. The van der Waals surface area contributed by atoms with Crippen molar-refractivity contribution in [3.05, 3.63) is 66.6 Å². The van der Waals surface area contributed by atoms with E-state index in [0.29, 0.717) is 12.0 Å². The zero-order chi connectivity index (χ0) is 23.5. The molecule has 0 amide bonds. The van der Waals surface area contributed by atoms with Gasteiger partial charge in [0.25, 0.3) is 0 Å². The van der Waals surface area contributed by atoms with E-state index in [1.807, 2.05) is 18.5 Å². The van der Waals surface area contributed by atoms with Gasteiger partial charge in [0.1, 0.15) is 11.5 Å². The molecule has 0 bridgehead atoms. The summed E-state index contributed by atoms with van der Waals surface area (Å²) in [4.78, 5) is 16.3. The molecule has 1 aliphatic rings. The molecule has 2 N–H and O–H groups in total. The van der Waals surface area contributed by atoms with Crippen LogP contribution in [0.3, 0.4) is 0 Å². The molecule has 4 aromatic rings. The summed E-state index contributed by atoms with van der Waals surface area (Å²) in [5, 5.41) is 7.80. The van der Waals surface area contributed by atoms with E-state index in [-0.39, 0.29) is 0 Å². The van der Waals surface area contributed by atoms with Gasteiger partial charge in [0.2, 0.25) is 5.95 Å². The smallest absolute Gasteiger partial charge is 0.229 e. The number of rotatable bonds is 7. The van der Waals surface area contributed by atoms with Crippen molar-refractivity contribution in [1.29, 1.82) is 0 Å². The predicted octanol–water partition coefficient (Wildman–Crippen LogP) is 4.13. The monoisotopic (exact) mass is 474 g/mol. The van der Waals surface area contributed by atoms with E-state index in [1.165, 1.54) is 11.3 Å². The maximum Gasteiger partial charge on any atom is 0.229 e. The molecule has 0 radical (unpaired) electrons. The molecule has 0 spiro atoms. The lowest BCUT2D eigenvalue weighted by Crippen LogP contribution is -2.49. The summed E-state index contributed by atoms with van der Waals surface area (Å²) in [6.07, 6.45) is 7.87. The Bertz CT molecular complexity index is 1260. The summed E-state index contributed by atoms with van der Waals surface area (Å²) in [6, 6.07) is 15.1. The Morgan fingerprint density at radius 1 is 1.15 bits per heavy atom. The fourth-order valence-electron chi connectivity index (χ4n) is 4.31. The van der Waals surface area contributed by atoms with Crippen molar-refractivity contribution in [3.63, 3.8) is 0 Å². The molecule has 1 aliphatic heterocycles. The van der Waals surface area contributed by atoms with Crippen LogP contribution >= 0.6 is 11.9 Å². The molecule has 34 heavy (non-hydrogen) atoms. The summed E-state index contributed by atoms with van der Waals surface area (Å²) >= 11 is 1.70. The topological polar surface area (TPSA) is 74.1 Å². The van der Waals surface area contributed by atoms with Crippen LogP contribution in [0.2, 0.25) is 0 Å². The maximum absolute atomic E-state index is 4.82. The van der Waals surface area contributed by atoms with Crippen LogP contribution in [0.1, 0.15) is 12.5 Å². The zero-order valence-electron chi connectivity index (χ0n) is 19.8. The predicted molar refractivity (Wildman–Crippen MR) is 142 cm³/mol. The minimum absolute atomic E-state index is 0.470. The number of nitrogens with one attached hydrogen (secondary N) is 2. The highest BCUT2D eigenvalue weighted by molar-refractivity contribution is 7.99. The Kier molecular flexibility index (Phi) is 6.55. The van der Waals surface area contributed by atoms with Crippen molar-refractivity contribution >= 4 is 46.1 Å². The number of nitrogens with zero attached hydrogens (tertiary/aromatic N) is 6. The summed E-state index contributed by atoms with van der Waals surface area (Å²) in [5.41, 5.74) is 4.22. The van der Waals surface area contributed by atoms with E-state index >= 15 is 0 Å². The molecular weight excluding hydrogens is 444 g/mol. The third kappa shape index (κ3) is 4.80. The summed E-state index contributed by atoms with van der Waals surface area (Å²) in [7, 11) is 2.09. The quantitative estimate of drug-likeness (QED) is 0.388. The molecule has 1 atom stereocenters. The van der Waals surface area contributed by atoms with Gasteiger partial charge >= 0.3 is 0 Å². The number of benzene rings is 1. The Morgan fingerprint density at radius 3 is 2.82 bits per heavy atom. The van der Waals surface area contributed by atoms with Crippen molar-refractivity contribution in [2.45, 2.75) is 19.5 Å². The Balaban J connectivity index is 1.35. The molecule has 1 unspecified atom stereocenters. The van der Waals surface area contributed by atoms with Gasteiger partial charge in [-0.1, -0.05) is 30.1 Å². The van der Waals surface area contributed by atoms with Gasteiger partial charge < -0.3 is 24.4 Å². The van der Waals surface area contributed by atoms with Crippen LogP contribution in [0.25, 0.3) is 11.0 Å². The molecule has 5 rings (SSSR count). The average Bonchev–Trinajstić information content (AvgIpc) is 3.26. The van der Waals surface area contributed by atoms with Crippen LogP contribution < -0.4 is 19.8 Å². The van der Waals surface area contributed by atoms with E-state index in [2.05, 4.69) is 97.2 Å². The highest BCUT2D eigenvalue weighted by atomic mass is 32.2. The van der Waals surface area contributed by atoms with Gasteiger partial charge in [-0.2, -0.15) is 4.98 Å². The molecule has 3 aromatic heterocycles. The molecule has 1 fully saturated rings. The van der Waals surface area contributed by atoms with Crippen LogP contribution in [0.5, 0.6) is 0 Å². The van der Waals surface area contributed by atoms with Crippen LogP contribution in [0.4, 0.5) is 23.1 Å². The van der Waals surface area contributed by atoms with E-state index in [0.717, 1.165) is 48.7 Å². The third-order valence-electron chi connectivity index (χ3n) is 6.14. The van der Waals surface area contributed by atoms with Crippen LogP contribution in [0.15, 0.2) is 61.1 Å². The van der Waals surface area contributed by atoms with Gasteiger partial charge in [0, 0.05) is 56.8 Å². The highest BCUT2D eigenvalue weighted by Crippen LogP contribution is 2.26. The Morgan fingerprint density at radius 2 is 2.03 bits per heavy atom. The number of hydrogen-bond acceptors (Lipinski definition) is 8. The van der Waals surface area contributed by atoms with Crippen LogP contribution in [0, 0.1) is 0 Å². The molecule has 176 valence electrons. The van der Waals surface area contributed by atoms with E-state index < -0.39 is 0 Å². The van der Waals surface area contributed by atoms with Gasteiger partial charge in [-0.25, -0.2) is 9.97 Å². The molecular formula is C25H30N8S. The van der Waals surface area contributed by atoms with Gasteiger partial charge in [0.05, 0.1) is 24.1 Å². The first-order valence-electron chi connectivity index (χ1n) is 11.5. The standard InChI is InChI=1S/C25H30N8S/c1-18-16-32(13-11-26-18)23-9-8-21(15-27-23)29-25-28-14-19-10-12-33(24(19)30-25)17-20-6-4-5-7-22(20)31(2)34-3/h4-10,12,14-15,18,26H,11,13,16-17H2,1-3H3,(H,28,29,30). The first-order valence-corrected chi connectivity index (χ1v) is 12.7. The Hall–Kier alpha value is -3.30. The van der Waals surface area contributed by atoms with Crippen LogP contribution in [-0.4, -0.2) is 58.5 Å². The lowest BCUT2D eigenvalue weighted by Gasteiger charge is -2.32. The molecule has 1 aromatic carbocycles. The highest BCUT2D eigenvalue weighted by Gasteiger charge is 2.17. The van der Waals surface area contributed by atoms with E-state index in [4.69, 9.17) is 4.98 Å². The second-order valence-electron chi connectivity index (χ2n) is 8.56. The first-order chi connectivity index (χ1) is 16.6. The normalized spacial score (nSPS) is 16.1. The minimum atomic E-state index is 0.470. The third-order valence-corrected chi connectivity index (χ3v) is 6.89. The van der Waals surface area contributed by atoms with Gasteiger partial charge in [-0.15, -0.1) is 0 Å². The number of anilines is 4. The fraction of sp³-hybridized carbons (Fsp3) is 0.320.